The molecule has 0 heterocycles. The summed E-state index contributed by atoms with van der Waals surface area (Å²) < 4.78 is 13.8. The number of hydrogen-bond acceptors (Lipinski definition) is 4. The Kier molecular flexibility index (Phi) is 6.14. The normalized spacial score (nSPS) is 13.2. The van der Waals surface area contributed by atoms with Gasteiger partial charge in [0.25, 0.3) is 0 Å². The van der Waals surface area contributed by atoms with Crippen LogP contribution in [0.5, 0.6) is 0 Å². The second-order valence-electron chi connectivity index (χ2n) is 1.73. The summed E-state index contributed by atoms with van der Waals surface area (Å²) in [5.41, 5.74) is 4.86. The van der Waals surface area contributed by atoms with Crippen molar-refractivity contribution >= 4 is 13.8 Å². The largest absolute Gasteiger partial charge is 0.480 e. The molecule has 8 heteroatoms. The van der Waals surface area contributed by atoms with Crippen LogP contribution in [0.2, 0.25) is 0 Å². The minimum absolute atomic E-state index is 0. The molecule has 0 radical (unpaired) electrons. The zero-order chi connectivity index (χ0) is 9.07. The van der Waals surface area contributed by atoms with Gasteiger partial charge >= 0.3 is 13.8 Å². The molecule has 0 aliphatic carbocycles. The van der Waals surface area contributed by atoms with Crippen LogP contribution in [0.3, 0.4) is 0 Å². The third kappa shape index (κ3) is 7.64. The third-order valence-electron chi connectivity index (χ3n) is 0.739. The Morgan fingerprint density at radius 1 is 1.58 bits per heavy atom. The fraction of sp³-hybridized carbons (Fsp3) is 0.750. The van der Waals surface area contributed by atoms with E-state index in [0.29, 0.717) is 0 Å². The highest BCUT2D eigenvalue weighted by Gasteiger charge is 2.19. The first-order chi connectivity index (χ1) is 4.83. The standard InChI is InChI=1S/C3H8NO6P.CH4/c4-2(3(5)6)1-10-11(7,8)9;/h2H,1,4H2,(H,5,6)(H2,7,8,9);1H4/t2-;/m0./s1. The van der Waals surface area contributed by atoms with Gasteiger partial charge in [-0.25, -0.2) is 4.57 Å². The van der Waals surface area contributed by atoms with Gasteiger partial charge in [0.15, 0.2) is 0 Å². The fourth-order valence-electron chi connectivity index (χ4n) is 0.249. The molecule has 0 saturated carbocycles. The van der Waals surface area contributed by atoms with Gasteiger partial charge in [-0.2, -0.15) is 0 Å². The summed E-state index contributed by atoms with van der Waals surface area (Å²) in [5, 5.41) is 8.12. The van der Waals surface area contributed by atoms with Crippen LogP contribution in [-0.2, 0) is 13.9 Å². The van der Waals surface area contributed by atoms with Crippen molar-refractivity contribution in [2.24, 2.45) is 5.73 Å². The van der Waals surface area contributed by atoms with Crippen molar-refractivity contribution in [3.63, 3.8) is 0 Å². The maximum Gasteiger partial charge on any atom is 0.469 e. The van der Waals surface area contributed by atoms with Crippen LogP contribution in [0, 0.1) is 0 Å². The molecule has 0 aliphatic heterocycles. The maximum absolute atomic E-state index is 9.98. The van der Waals surface area contributed by atoms with E-state index < -0.39 is 26.4 Å². The van der Waals surface area contributed by atoms with Crippen LogP contribution in [0.15, 0.2) is 0 Å². The van der Waals surface area contributed by atoms with Crippen LogP contribution >= 0.6 is 7.82 Å². The summed E-state index contributed by atoms with van der Waals surface area (Å²) in [5.74, 6) is -1.38. The van der Waals surface area contributed by atoms with Gasteiger partial charge < -0.3 is 20.6 Å². The Bertz CT molecular complexity index is 188. The zero-order valence-electron chi connectivity index (χ0n) is 5.38. The van der Waals surface area contributed by atoms with Crippen molar-refractivity contribution < 1.29 is 28.8 Å². The SMILES string of the molecule is C.N[C@@H](COP(=O)(O)O)C(=O)O. The average molecular weight is 201 g/mol. The maximum atomic E-state index is 9.98. The Balaban J connectivity index is 0. The summed E-state index contributed by atoms with van der Waals surface area (Å²) in [7, 11) is -4.60. The van der Waals surface area contributed by atoms with E-state index in [-0.39, 0.29) is 7.43 Å². The number of aliphatic carboxylic acids is 1. The van der Waals surface area contributed by atoms with Gasteiger partial charge in [0.2, 0.25) is 0 Å². The lowest BCUT2D eigenvalue weighted by Gasteiger charge is -2.07. The van der Waals surface area contributed by atoms with Crippen LogP contribution in [0.4, 0.5) is 0 Å². The van der Waals surface area contributed by atoms with E-state index in [0.717, 1.165) is 0 Å². The number of phosphoric ester groups is 1. The molecule has 0 unspecified atom stereocenters. The molecule has 0 bridgehead atoms. The third-order valence-corrected chi connectivity index (χ3v) is 1.22. The van der Waals surface area contributed by atoms with Gasteiger partial charge in [0.1, 0.15) is 6.04 Å². The lowest BCUT2D eigenvalue weighted by atomic mass is 10.3. The van der Waals surface area contributed by atoms with Crippen molar-refractivity contribution in [1.82, 2.24) is 0 Å². The number of carboxylic acid groups (broad SMARTS) is 1. The van der Waals surface area contributed by atoms with Crippen molar-refractivity contribution in [3.8, 4) is 0 Å². The van der Waals surface area contributed by atoms with Gasteiger partial charge in [0, 0.05) is 0 Å². The first-order valence-electron chi connectivity index (χ1n) is 2.51. The lowest BCUT2D eigenvalue weighted by Crippen LogP contribution is -2.34. The number of rotatable bonds is 4. The topological polar surface area (TPSA) is 130 Å². The van der Waals surface area contributed by atoms with E-state index in [2.05, 4.69) is 4.52 Å². The quantitative estimate of drug-likeness (QED) is 0.435. The van der Waals surface area contributed by atoms with Crippen molar-refractivity contribution in [2.45, 2.75) is 13.5 Å². The van der Waals surface area contributed by atoms with Crippen LogP contribution in [0.25, 0.3) is 0 Å². The molecular weight excluding hydrogens is 189 g/mol. The van der Waals surface area contributed by atoms with Gasteiger partial charge in [0.05, 0.1) is 6.61 Å². The van der Waals surface area contributed by atoms with E-state index >= 15 is 0 Å². The molecule has 0 aromatic rings. The molecule has 0 saturated heterocycles. The van der Waals surface area contributed by atoms with E-state index in [1.165, 1.54) is 0 Å². The van der Waals surface area contributed by atoms with Crippen LogP contribution in [-0.4, -0.2) is 33.5 Å². The molecule has 0 aliphatic rings. The number of hydrogen-bond donors (Lipinski definition) is 4. The minimum Gasteiger partial charge on any atom is -0.480 e. The summed E-state index contributed by atoms with van der Waals surface area (Å²) in [6.45, 7) is -0.709. The van der Waals surface area contributed by atoms with E-state index in [1.54, 1.807) is 0 Å². The molecule has 5 N–H and O–H groups in total. The summed E-state index contributed by atoms with van der Waals surface area (Å²) in [4.78, 5) is 26.1. The summed E-state index contributed by atoms with van der Waals surface area (Å²) in [6, 6.07) is -1.41. The van der Waals surface area contributed by atoms with E-state index in [1.807, 2.05) is 0 Å². The molecule has 0 spiro atoms. The highest BCUT2D eigenvalue weighted by molar-refractivity contribution is 7.46. The number of carbonyl (C=O) groups is 1. The molecule has 0 fully saturated rings. The molecule has 12 heavy (non-hydrogen) atoms. The van der Waals surface area contributed by atoms with Crippen molar-refractivity contribution in [3.05, 3.63) is 0 Å². The second-order valence-corrected chi connectivity index (χ2v) is 2.97. The number of carboxylic acids is 1. The Morgan fingerprint density at radius 3 is 2.25 bits per heavy atom. The van der Waals surface area contributed by atoms with Gasteiger partial charge in [-0.05, 0) is 0 Å². The van der Waals surface area contributed by atoms with Gasteiger partial charge in [-0.15, -0.1) is 0 Å². The Labute approximate surface area is 69.4 Å². The Hall–Kier alpha value is -0.460. The van der Waals surface area contributed by atoms with E-state index in [4.69, 9.17) is 20.6 Å². The van der Waals surface area contributed by atoms with Crippen LogP contribution < -0.4 is 5.73 Å². The fourth-order valence-corrected chi connectivity index (χ4v) is 0.603. The summed E-state index contributed by atoms with van der Waals surface area (Å²) >= 11 is 0. The van der Waals surface area contributed by atoms with Gasteiger partial charge in [-0.1, -0.05) is 7.43 Å². The Morgan fingerprint density at radius 2 is 2.00 bits per heavy atom. The van der Waals surface area contributed by atoms with Crippen molar-refractivity contribution in [2.75, 3.05) is 6.61 Å². The molecule has 7 nitrogen and oxygen atoms in total. The monoisotopic (exact) mass is 201 g/mol. The predicted octanol–water partition coefficient (Wildman–Crippen LogP) is -0.856. The molecule has 0 aromatic carbocycles. The van der Waals surface area contributed by atoms with E-state index in [9.17, 15) is 9.36 Å². The molecule has 74 valence electrons. The molecule has 0 aromatic heterocycles. The first-order valence-corrected chi connectivity index (χ1v) is 4.04. The highest BCUT2D eigenvalue weighted by atomic mass is 31.2. The number of nitrogens with two attached hydrogens (primary N) is 1. The minimum atomic E-state index is -4.60. The molecule has 0 rings (SSSR count). The average Bonchev–Trinajstić information content (AvgIpc) is 1.80. The summed E-state index contributed by atoms with van der Waals surface area (Å²) in [6.07, 6.45) is 0. The second kappa shape index (κ2) is 5.23. The first kappa shape index (κ1) is 14.1. The smallest absolute Gasteiger partial charge is 0.469 e. The molecule has 1 atom stereocenters. The zero-order valence-corrected chi connectivity index (χ0v) is 6.27. The van der Waals surface area contributed by atoms with Crippen LogP contribution in [0.1, 0.15) is 7.43 Å². The van der Waals surface area contributed by atoms with Gasteiger partial charge in [-0.3, -0.25) is 9.32 Å². The van der Waals surface area contributed by atoms with Crippen molar-refractivity contribution in [1.29, 1.82) is 0 Å². The highest BCUT2D eigenvalue weighted by Crippen LogP contribution is 2.35. The lowest BCUT2D eigenvalue weighted by molar-refractivity contribution is -0.139. The predicted molar refractivity (Wildman–Crippen MR) is 40.3 cm³/mol. The number of phosphoric acid groups is 1. The molecular formula is C4H12NO6P. The molecule has 0 amide bonds.